The maximum absolute atomic E-state index is 6.12. The van der Waals surface area contributed by atoms with E-state index in [1.165, 1.54) is 0 Å². The Morgan fingerprint density at radius 3 is 1.86 bits per heavy atom. The summed E-state index contributed by atoms with van der Waals surface area (Å²) in [6.45, 7) is 15.4. The first-order valence-electron chi connectivity index (χ1n) is 5.26. The van der Waals surface area contributed by atoms with Gasteiger partial charge in [-0.1, -0.05) is 40.5 Å². The molecule has 0 rings (SSSR count). The summed E-state index contributed by atoms with van der Waals surface area (Å²) >= 11 is 0. The van der Waals surface area contributed by atoms with E-state index in [0.717, 1.165) is 0 Å². The highest BCUT2D eigenvalue weighted by atomic mass is 28.4. The number of hydrogen-bond acceptors (Lipinski definition) is 1. The minimum Gasteiger partial charge on any atom is -0.403 e. The minimum atomic E-state index is -1.69. The van der Waals surface area contributed by atoms with Crippen LogP contribution in [0.4, 0.5) is 0 Å². The highest BCUT2D eigenvalue weighted by molar-refractivity contribution is 6.74. The standard InChI is InChI=1S/C12H24OSi/c1-9-11(10(2)3)13-14(7,8)12(4,5)6/h1,10-11H,2-8H3/t11-/m0/s1. The molecule has 0 saturated heterocycles. The second-order valence-electron chi connectivity index (χ2n) is 5.71. The Morgan fingerprint density at radius 2 is 1.64 bits per heavy atom. The molecule has 82 valence electrons. The van der Waals surface area contributed by atoms with E-state index < -0.39 is 8.32 Å². The molecule has 2 heteroatoms. The summed E-state index contributed by atoms with van der Waals surface area (Å²) in [5, 5.41) is 0.233. The third-order valence-electron chi connectivity index (χ3n) is 3.00. The predicted octanol–water partition coefficient (Wildman–Crippen LogP) is 3.67. The number of hydrogen-bond donors (Lipinski definition) is 0. The second kappa shape index (κ2) is 4.50. The summed E-state index contributed by atoms with van der Waals surface area (Å²) < 4.78 is 6.12. The maximum atomic E-state index is 6.12. The van der Waals surface area contributed by atoms with E-state index in [1.807, 2.05) is 0 Å². The molecular formula is C12H24OSi. The summed E-state index contributed by atoms with van der Waals surface area (Å²) in [6, 6.07) is 0. The lowest BCUT2D eigenvalue weighted by Crippen LogP contribution is -2.44. The number of rotatable bonds is 3. The molecule has 0 N–H and O–H groups in total. The van der Waals surface area contributed by atoms with Gasteiger partial charge in [0.15, 0.2) is 8.32 Å². The van der Waals surface area contributed by atoms with Gasteiger partial charge in [-0.05, 0) is 24.1 Å². The van der Waals surface area contributed by atoms with Gasteiger partial charge in [0.25, 0.3) is 0 Å². The zero-order chi connectivity index (χ0) is 11.6. The molecule has 14 heavy (non-hydrogen) atoms. The molecule has 0 aliphatic heterocycles. The molecule has 1 nitrogen and oxygen atoms in total. The molecule has 0 fully saturated rings. The molecule has 0 unspecified atom stereocenters. The first-order chi connectivity index (χ1) is 6.12. The zero-order valence-electron chi connectivity index (χ0n) is 10.6. The topological polar surface area (TPSA) is 9.23 Å². The monoisotopic (exact) mass is 212 g/mol. The van der Waals surface area contributed by atoms with Gasteiger partial charge in [-0.2, -0.15) is 0 Å². The first kappa shape index (κ1) is 13.7. The molecule has 0 aromatic rings. The van der Waals surface area contributed by atoms with Crippen molar-refractivity contribution in [1.29, 1.82) is 0 Å². The van der Waals surface area contributed by atoms with Crippen LogP contribution in [0, 0.1) is 18.3 Å². The summed E-state index contributed by atoms with van der Waals surface area (Å²) in [5.41, 5.74) is 0. The van der Waals surface area contributed by atoms with E-state index in [-0.39, 0.29) is 11.1 Å². The zero-order valence-corrected chi connectivity index (χ0v) is 11.6. The summed E-state index contributed by atoms with van der Waals surface area (Å²) in [5.74, 6) is 3.14. The quantitative estimate of drug-likeness (QED) is 0.512. The largest absolute Gasteiger partial charge is 0.403 e. The van der Waals surface area contributed by atoms with Gasteiger partial charge < -0.3 is 4.43 Å². The maximum Gasteiger partial charge on any atom is 0.193 e. The van der Waals surface area contributed by atoms with E-state index in [2.05, 4.69) is 53.6 Å². The van der Waals surface area contributed by atoms with Gasteiger partial charge in [0, 0.05) is 0 Å². The summed E-state index contributed by atoms with van der Waals surface area (Å²) in [7, 11) is -1.69. The van der Waals surface area contributed by atoms with Crippen molar-refractivity contribution in [3.8, 4) is 12.3 Å². The second-order valence-corrected chi connectivity index (χ2v) is 10.5. The summed E-state index contributed by atoms with van der Waals surface area (Å²) in [4.78, 5) is 0. The predicted molar refractivity (Wildman–Crippen MR) is 65.7 cm³/mol. The third-order valence-corrected chi connectivity index (χ3v) is 7.45. The van der Waals surface area contributed by atoms with Gasteiger partial charge in [-0.15, -0.1) is 6.42 Å². The van der Waals surface area contributed by atoms with E-state index in [4.69, 9.17) is 10.8 Å². The Kier molecular flexibility index (Phi) is 4.42. The van der Waals surface area contributed by atoms with Crippen molar-refractivity contribution in [1.82, 2.24) is 0 Å². The lowest BCUT2D eigenvalue weighted by atomic mass is 10.1. The van der Waals surface area contributed by atoms with Crippen LogP contribution in [0.25, 0.3) is 0 Å². The van der Waals surface area contributed by atoms with Gasteiger partial charge in [0.1, 0.15) is 6.10 Å². The Labute approximate surface area is 90.4 Å². The highest BCUT2D eigenvalue weighted by Gasteiger charge is 2.39. The molecule has 0 aliphatic rings. The average molecular weight is 212 g/mol. The van der Waals surface area contributed by atoms with E-state index in [1.54, 1.807) is 0 Å². The molecule has 0 heterocycles. The van der Waals surface area contributed by atoms with Gasteiger partial charge in [-0.3, -0.25) is 0 Å². The molecule has 0 aromatic carbocycles. The fraction of sp³-hybridized carbons (Fsp3) is 0.833. The van der Waals surface area contributed by atoms with Crippen molar-refractivity contribution < 1.29 is 4.43 Å². The lowest BCUT2D eigenvalue weighted by Gasteiger charge is -2.38. The van der Waals surface area contributed by atoms with Crippen LogP contribution in [0.2, 0.25) is 18.1 Å². The van der Waals surface area contributed by atoms with Gasteiger partial charge in [0.2, 0.25) is 0 Å². The molecular weight excluding hydrogens is 188 g/mol. The van der Waals surface area contributed by atoms with Crippen molar-refractivity contribution in [2.24, 2.45) is 5.92 Å². The Balaban J connectivity index is 4.59. The normalized spacial score (nSPS) is 15.4. The van der Waals surface area contributed by atoms with Crippen molar-refractivity contribution in [3.05, 3.63) is 0 Å². The van der Waals surface area contributed by atoms with Crippen molar-refractivity contribution in [3.63, 3.8) is 0 Å². The summed E-state index contributed by atoms with van der Waals surface area (Å²) in [6.07, 6.45) is 5.44. The third kappa shape index (κ3) is 3.47. The van der Waals surface area contributed by atoms with Crippen LogP contribution >= 0.6 is 0 Å². The molecule has 0 spiro atoms. The molecule has 0 amide bonds. The van der Waals surface area contributed by atoms with Crippen molar-refractivity contribution in [2.45, 2.75) is 58.9 Å². The molecule has 0 aliphatic carbocycles. The Morgan fingerprint density at radius 1 is 1.21 bits per heavy atom. The van der Waals surface area contributed by atoms with E-state index >= 15 is 0 Å². The lowest BCUT2D eigenvalue weighted by molar-refractivity contribution is 0.186. The van der Waals surface area contributed by atoms with Crippen LogP contribution in [0.15, 0.2) is 0 Å². The van der Waals surface area contributed by atoms with Crippen LogP contribution < -0.4 is 0 Å². The van der Waals surface area contributed by atoms with E-state index in [0.29, 0.717) is 5.92 Å². The first-order valence-corrected chi connectivity index (χ1v) is 8.16. The van der Waals surface area contributed by atoms with Crippen LogP contribution in [-0.2, 0) is 4.43 Å². The smallest absolute Gasteiger partial charge is 0.193 e. The fourth-order valence-electron chi connectivity index (χ4n) is 0.857. The molecule has 0 radical (unpaired) electrons. The average Bonchev–Trinajstić information content (AvgIpc) is 1.97. The van der Waals surface area contributed by atoms with Gasteiger partial charge >= 0.3 is 0 Å². The van der Waals surface area contributed by atoms with Crippen LogP contribution in [0.5, 0.6) is 0 Å². The van der Waals surface area contributed by atoms with Crippen LogP contribution in [0.1, 0.15) is 34.6 Å². The Hall–Kier alpha value is -0.263. The van der Waals surface area contributed by atoms with Crippen LogP contribution in [-0.4, -0.2) is 14.4 Å². The van der Waals surface area contributed by atoms with E-state index in [9.17, 15) is 0 Å². The number of terminal acetylenes is 1. The van der Waals surface area contributed by atoms with Crippen molar-refractivity contribution >= 4 is 8.32 Å². The van der Waals surface area contributed by atoms with Gasteiger partial charge in [-0.25, -0.2) is 0 Å². The molecule has 1 atom stereocenters. The SMILES string of the molecule is C#C[C@H](O[Si](C)(C)C(C)(C)C)C(C)C. The Bertz CT molecular complexity index is 217. The molecule has 0 saturated carbocycles. The van der Waals surface area contributed by atoms with Crippen LogP contribution in [0.3, 0.4) is 0 Å². The molecule has 0 bridgehead atoms. The molecule has 0 aromatic heterocycles. The fourth-order valence-corrected chi connectivity index (χ4v) is 2.19. The minimum absolute atomic E-state index is 0.0316. The van der Waals surface area contributed by atoms with Crippen molar-refractivity contribution in [2.75, 3.05) is 0 Å². The highest BCUT2D eigenvalue weighted by Crippen LogP contribution is 2.37. The van der Waals surface area contributed by atoms with Gasteiger partial charge in [0.05, 0.1) is 0 Å².